The van der Waals surface area contributed by atoms with E-state index in [4.69, 9.17) is 10.5 Å². The first-order valence-electron chi connectivity index (χ1n) is 5.29. The van der Waals surface area contributed by atoms with Gasteiger partial charge in [-0.1, -0.05) is 24.3 Å². The van der Waals surface area contributed by atoms with Crippen molar-refractivity contribution in [1.29, 1.82) is 0 Å². The van der Waals surface area contributed by atoms with Crippen molar-refractivity contribution in [2.45, 2.75) is 6.92 Å². The Balaban J connectivity index is 2.36. The van der Waals surface area contributed by atoms with E-state index in [9.17, 15) is 4.79 Å². The Kier molecular flexibility index (Phi) is 3.10. The summed E-state index contributed by atoms with van der Waals surface area (Å²) < 4.78 is 5.04. The summed E-state index contributed by atoms with van der Waals surface area (Å²) in [5.41, 5.74) is 8.41. The molecule has 0 radical (unpaired) electrons. The number of hydrogen-bond donors (Lipinski definition) is 1. The molecule has 0 heterocycles. The number of anilines is 1. The minimum Gasteiger partial charge on any atom is -0.427 e. The van der Waals surface area contributed by atoms with Crippen molar-refractivity contribution < 1.29 is 9.53 Å². The quantitative estimate of drug-likeness (QED) is 0.487. The maximum absolute atomic E-state index is 10.9. The number of esters is 1. The number of nitrogens with two attached hydrogens (primary N) is 1. The highest BCUT2D eigenvalue weighted by molar-refractivity contribution is 5.72. The normalized spacial score (nSPS) is 9.94. The summed E-state index contributed by atoms with van der Waals surface area (Å²) in [5.74, 6) is 0.215. The molecule has 3 nitrogen and oxygen atoms in total. The summed E-state index contributed by atoms with van der Waals surface area (Å²) >= 11 is 0. The summed E-state index contributed by atoms with van der Waals surface area (Å²) in [7, 11) is 0. The van der Waals surface area contributed by atoms with Crippen LogP contribution in [0.25, 0.3) is 11.1 Å². The molecule has 2 rings (SSSR count). The Hall–Kier alpha value is -2.29. The van der Waals surface area contributed by atoms with Crippen LogP contribution in [-0.2, 0) is 4.79 Å². The van der Waals surface area contributed by atoms with Gasteiger partial charge in [-0.05, 0) is 35.4 Å². The van der Waals surface area contributed by atoms with Crippen LogP contribution >= 0.6 is 0 Å². The van der Waals surface area contributed by atoms with Gasteiger partial charge in [-0.25, -0.2) is 0 Å². The summed E-state index contributed by atoms with van der Waals surface area (Å²) in [5, 5.41) is 0. The molecule has 0 amide bonds. The van der Waals surface area contributed by atoms with Crippen molar-refractivity contribution in [3.05, 3.63) is 48.5 Å². The van der Waals surface area contributed by atoms with Gasteiger partial charge < -0.3 is 10.5 Å². The fourth-order valence-electron chi connectivity index (χ4n) is 1.62. The van der Waals surface area contributed by atoms with E-state index in [1.165, 1.54) is 6.92 Å². The molecule has 0 fully saturated rings. The predicted molar refractivity (Wildman–Crippen MR) is 67.6 cm³/mol. The van der Waals surface area contributed by atoms with Crippen LogP contribution in [-0.4, -0.2) is 5.97 Å². The third-order valence-electron chi connectivity index (χ3n) is 2.32. The minimum absolute atomic E-state index is 0.324. The van der Waals surface area contributed by atoms with Gasteiger partial charge in [0.05, 0.1) is 0 Å². The SMILES string of the molecule is CC(=O)Oc1cccc(-c2cccc(N)c2)c1. The molecule has 2 N–H and O–H groups in total. The van der Waals surface area contributed by atoms with E-state index in [1.54, 1.807) is 6.07 Å². The van der Waals surface area contributed by atoms with Gasteiger partial charge in [-0.3, -0.25) is 4.79 Å². The van der Waals surface area contributed by atoms with E-state index in [1.807, 2.05) is 42.5 Å². The van der Waals surface area contributed by atoms with E-state index in [-0.39, 0.29) is 5.97 Å². The van der Waals surface area contributed by atoms with Crippen molar-refractivity contribution in [2.24, 2.45) is 0 Å². The lowest BCUT2D eigenvalue weighted by Gasteiger charge is -2.05. The summed E-state index contributed by atoms with van der Waals surface area (Å²) in [4.78, 5) is 10.9. The molecule has 0 saturated carbocycles. The van der Waals surface area contributed by atoms with Gasteiger partial charge in [-0.15, -0.1) is 0 Å². The van der Waals surface area contributed by atoms with Gasteiger partial charge in [-0.2, -0.15) is 0 Å². The maximum Gasteiger partial charge on any atom is 0.308 e. The van der Waals surface area contributed by atoms with Crippen LogP contribution in [0, 0.1) is 0 Å². The third kappa shape index (κ3) is 2.84. The van der Waals surface area contributed by atoms with Crippen LogP contribution in [0.2, 0.25) is 0 Å². The molecule has 2 aromatic carbocycles. The lowest BCUT2D eigenvalue weighted by atomic mass is 10.1. The van der Waals surface area contributed by atoms with E-state index in [0.29, 0.717) is 11.4 Å². The number of ether oxygens (including phenoxy) is 1. The zero-order valence-corrected chi connectivity index (χ0v) is 9.51. The monoisotopic (exact) mass is 227 g/mol. The van der Waals surface area contributed by atoms with Gasteiger partial charge in [0, 0.05) is 12.6 Å². The van der Waals surface area contributed by atoms with Crippen LogP contribution in [0.15, 0.2) is 48.5 Å². The van der Waals surface area contributed by atoms with Gasteiger partial charge in [0.25, 0.3) is 0 Å². The van der Waals surface area contributed by atoms with Crippen molar-refractivity contribution in [3.8, 4) is 16.9 Å². The second kappa shape index (κ2) is 4.70. The first-order valence-corrected chi connectivity index (χ1v) is 5.29. The Morgan fingerprint density at radius 2 is 1.71 bits per heavy atom. The van der Waals surface area contributed by atoms with Crippen LogP contribution in [0.3, 0.4) is 0 Å². The van der Waals surface area contributed by atoms with Gasteiger partial charge in [0.2, 0.25) is 0 Å². The van der Waals surface area contributed by atoms with E-state index in [2.05, 4.69) is 0 Å². The fraction of sp³-hybridized carbons (Fsp3) is 0.0714. The molecule has 0 aliphatic heterocycles. The van der Waals surface area contributed by atoms with Crippen LogP contribution in [0.1, 0.15) is 6.92 Å². The molecule has 0 aromatic heterocycles. The predicted octanol–water partition coefficient (Wildman–Crippen LogP) is 2.86. The Bertz CT molecular complexity index is 549. The molecular formula is C14H13NO2. The average molecular weight is 227 g/mol. The van der Waals surface area contributed by atoms with Crippen LogP contribution in [0.5, 0.6) is 5.75 Å². The number of rotatable bonds is 2. The van der Waals surface area contributed by atoms with Crippen molar-refractivity contribution in [1.82, 2.24) is 0 Å². The molecule has 3 heteroatoms. The number of carbonyl (C=O) groups is 1. The third-order valence-corrected chi connectivity index (χ3v) is 2.32. The van der Waals surface area contributed by atoms with Crippen LogP contribution < -0.4 is 10.5 Å². The van der Waals surface area contributed by atoms with Crippen molar-refractivity contribution >= 4 is 11.7 Å². The summed E-state index contributed by atoms with van der Waals surface area (Å²) in [6.07, 6.45) is 0. The molecule has 0 bridgehead atoms. The maximum atomic E-state index is 10.9. The van der Waals surface area contributed by atoms with Crippen LogP contribution in [0.4, 0.5) is 5.69 Å². The van der Waals surface area contributed by atoms with Gasteiger partial charge >= 0.3 is 5.97 Å². The standard InChI is InChI=1S/C14H13NO2/c1-10(16)17-14-7-3-5-12(9-14)11-4-2-6-13(15)8-11/h2-9H,15H2,1H3. The zero-order chi connectivity index (χ0) is 12.3. The molecule has 17 heavy (non-hydrogen) atoms. The summed E-state index contributed by atoms with van der Waals surface area (Å²) in [6, 6.07) is 14.9. The highest BCUT2D eigenvalue weighted by Crippen LogP contribution is 2.25. The second-order valence-electron chi connectivity index (χ2n) is 3.75. The zero-order valence-electron chi connectivity index (χ0n) is 9.51. The molecule has 0 aliphatic rings. The lowest BCUT2D eigenvalue weighted by Crippen LogP contribution is -2.01. The van der Waals surface area contributed by atoms with Gasteiger partial charge in [0.15, 0.2) is 0 Å². The Labute approximate surface area is 99.8 Å². The highest BCUT2D eigenvalue weighted by Gasteiger charge is 2.02. The minimum atomic E-state index is -0.324. The smallest absolute Gasteiger partial charge is 0.308 e. The molecule has 0 aliphatic carbocycles. The molecule has 0 saturated heterocycles. The van der Waals surface area contributed by atoms with Gasteiger partial charge in [0.1, 0.15) is 5.75 Å². The van der Waals surface area contributed by atoms with E-state index < -0.39 is 0 Å². The first-order chi connectivity index (χ1) is 8.15. The molecule has 86 valence electrons. The topological polar surface area (TPSA) is 52.3 Å². The summed E-state index contributed by atoms with van der Waals surface area (Å²) in [6.45, 7) is 1.38. The number of benzene rings is 2. The lowest BCUT2D eigenvalue weighted by molar-refractivity contribution is -0.131. The second-order valence-corrected chi connectivity index (χ2v) is 3.75. The Morgan fingerprint density at radius 3 is 2.35 bits per heavy atom. The van der Waals surface area contributed by atoms with Crippen molar-refractivity contribution in [2.75, 3.05) is 5.73 Å². The highest BCUT2D eigenvalue weighted by atomic mass is 16.5. The molecular weight excluding hydrogens is 214 g/mol. The largest absolute Gasteiger partial charge is 0.427 e. The van der Waals surface area contributed by atoms with Crippen molar-refractivity contribution in [3.63, 3.8) is 0 Å². The number of carbonyl (C=O) groups excluding carboxylic acids is 1. The van der Waals surface area contributed by atoms with E-state index >= 15 is 0 Å². The molecule has 2 aromatic rings. The Morgan fingerprint density at radius 1 is 1.06 bits per heavy atom. The van der Waals surface area contributed by atoms with E-state index in [0.717, 1.165) is 11.1 Å². The molecule has 0 spiro atoms. The number of hydrogen-bond acceptors (Lipinski definition) is 3. The fourth-order valence-corrected chi connectivity index (χ4v) is 1.62. The number of nitrogen functional groups attached to an aromatic ring is 1. The molecule has 0 atom stereocenters. The average Bonchev–Trinajstić information content (AvgIpc) is 2.28. The first kappa shape index (κ1) is 11.2. The molecule has 0 unspecified atom stereocenters.